The molecular formula is C21H28Cl2N2. The number of nitrogens with one attached hydrogen (secondary N) is 1. The maximum atomic E-state index is 4.14. The molecule has 1 atom stereocenters. The van der Waals surface area contributed by atoms with Crippen molar-refractivity contribution in [2.45, 2.75) is 19.4 Å². The monoisotopic (exact) mass is 378 g/mol. The van der Waals surface area contributed by atoms with Gasteiger partial charge in [0, 0.05) is 32.2 Å². The van der Waals surface area contributed by atoms with Gasteiger partial charge in [0.15, 0.2) is 0 Å². The molecule has 0 radical (unpaired) electrons. The Kier molecular flexibility index (Phi) is 9.23. The smallest absolute Gasteiger partial charge is 0.0386 e. The van der Waals surface area contributed by atoms with Crippen molar-refractivity contribution >= 4 is 24.8 Å². The Morgan fingerprint density at radius 1 is 0.960 bits per heavy atom. The van der Waals surface area contributed by atoms with Crippen molar-refractivity contribution in [1.29, 1.82) is 0 Å². The van der Waals surface area contributed by atoms with Crippen LogP contribution in [0.4, 0.5) is 0 Å². The maximum absolute atomic E-state index is 4.14. The Bertz CT molecular complexity index is 635. The lowest BCUT2D eigenvalue weighted by atomic mass is 9.95. The summed E-state index contributed by atoms with van der Waals surface area (Å²) in [7, 11) is 0. The van der Waals surface area contributed by atoms with Crippen LogP contribution in [0.3, 0.4) is 0 Å². The fourth-order valence-electron chi connectivity index (χ4n) is 3.31. The van der Waals surface area contributed by atoms with Crippen molar-refractivity contribution < 1.29 is 0 Å². The van der Waals surface area contributed by atoms with Gasteiger partial charge in [-0.1, -0.05) is 60.2 Å². The zero-order valence-corrected chi connectivity index (χ0v) is 16.4. The first-order valence-electron chi connectivity index (χ1n) is 8.48. The van der Waals surface area contributed by atoms with Gasteiger partial charge >= 0.3 is 0 Å². The molecule has 0 unspecified atom stereocenters. The summed E-state index contributed by atoms with van der Waals surface area (Å²) in [4.78, 5) is 2.59. The summed E-state index contributed by atoms with van der Waals surface area (Å²) in [6.07, 6.45) is 1.03. The summed E-state index contributed by atoms with van der Waals surface area (Å²) in [5.74, 6) is 0. The zero-order valence-electron chi connectivity index (χ0n) is 14.8. The normalized spacial score (nSPS) is 15.6. The van der Waals surface area contributed by atoms with Gasteiger partial charge in [-0.05, 0) is 30.0 Å². The van der Waals surface area contributed by atoms with Gasteiger partial charge in [0.1, 0.15) is 0 Å². The molecule has 1 fully saturated rings. The van der Waals surface area contributed by atoms with Gasteiger partial charge in [-0.2, -0.15) is 0 Å². The maximum Gasteiger partial charge on any atom is 0.0386 e. The second-order valence-electron chi connectivity index (χ2n) is 6.45. The van der Waals surface area contributed by atoms with Crippen LogP contribution in [0.15, 0.2) is 66.7 Å². The second-order valence-corrected chi connectivity index (χ2v) is 6.45. The summed E-state index contributed by atoms with van der Waals surface area (Å²) in [5, 5.41) is 3.44. The highest BCUT2D eigenvalue weighted by atomic mass is 35.5. The van der Waals surface area contributed by atoms with Crippen LogP contribution in [0.1, 0.15) is 24.9 Å². The number of piperazine rings is 1. The van der Waals surface area contributed by atoms with Crippen LogP contribution in [0.25, 0.3) is 11.1 Å². The average molecular weight is 379 g/mol. The predicted molar refractivity (Wildman–Crippen MR) is 113 cm³/mol. The van der Waals surface area contributed by atoms with Crippen LogP contribution in [0.2, 0.25) is 0 Å². The van der Waals surface area contributed by atoms with Gasteiger partial charge in [-0.15, -0.1) is 31.4 Å². The molecule has 0 amide bonds. The van der Waals surface area contributed by atoms with Crippen LogP contribution in [-0.2, 0) is 0 Å². The van der Waals surface area contributed by atoms with Crippen molar-refractivity contribution in [1.82, 2.24) is 10.2 Å². The Morgan fingerprint density at radius 3 is 2.08 bits per heavy atom. The zero-order chi connectivity index (χ0) is 16.1. The van der Waals surface area contributed by atoms with Gasteiger partial charge in [0.25, 0.3) is 0 Å². The summed E-state index contributed by atoms with van der Waals surface area (Å²) in [6.45, 7) is 10.6. The van der Waals surface area contributed by atoms with E-state index < -0.39 is 0 Å². The first-order valence-corrected chi connectivity index (χ1v) is 8.48. The first kappa shape index (κ1) is 21.7. The summed E-state index contributed by atoms with van der Waals surface area (Å²) in [6, 6.07) is 20.1. The molecule has 0 aromatic heterocycles. The van der Waals surface area contributed by atoms with Gasteiger partial charge in [0.2, 0.25) is 0 Å². The minimum absolute atomic E-state index is 0. The molecule has 1 aliphatic heterocycles. The van der Waals surface area contributed by atoms with E-state index in [1.165, 1.54) is 22.3 Å². The van der Waals surface area contributed by atoms with E-state index in [1.807, 2.05) is 0 Å². The molecule has 1 aliphatic rings. The van der Waals surface area contributed by atoms with Crippen molar-refractivity contribution in [2.75, 3.05) is 26.2 Å². The molecule has 0 saturated carbocycles. The largest absolute Gasteiger partial charge is 0.314 e. The van der Waals surface area contributed by atoms with Crippen LogP contribution >= 0.6 is 24.8 Å². The Hall–Kier alpha value is -1.32. The van der Waals surface area contributed by atoms with Crippen LogP contribution in [0.5, 0.6) is 0 Å². The van der Waals surface area contributed by atoms with Crippen LogP contribution < -0.4 is 5.32 Å². The SMILES string of the molecule is C=C(C)C[C@@H](c1ccc(-c2ccccc2)cc1)N1CCNCC1.Cl.Cl. The van der Waals surface area contributed by atoms with Crippen molar-refractivity contribution in [2.24, 2.45) is 0 Å². The Labute approximate surface area is 164 Å². The van der Waals surface area contributed by atoms with E-state index in [4.69, 9.17) is 0 Å². The fourth-order valence-corrected chi connectivity index (χ4v) is 3.31. The molecule has 1 heterocycles. The highest BCUT2D eigenvalue weighted by Gasteiger charge is 2.22. The number of hydrogen-bond donors (Lipinski definition) is 1. The molecular weight excluding hydrogens is 351 g/mol. The Balaban J connectivity index is 0.00000156. The summed E-state index contributed by atoms with van der Waals surface area (Å²) in [5.41, 5.74) is 5.21. The van der Waals surface area contributed by atoms with E-state index in [0.29, 0.717) is 6.04 Å². The lowest BCUT2D eigenvalue weighted by Crippen LogP contribution is -2.45. The van der Waals surface area contributed by atoms with E-state index in [9.17, 15) is 0 Å². The van der Waals surface area contributed by atoms with E-state index in [2.05, 4.69) is 78.3 Å². The lowest BCUT2D eigenvalue weighted by Gasteiger charge is -2.35. The van der Waals surface area contributed by atoms with Gasteiger partial charge < -0.3 is 5.32 Å². The van der Waals surface area contributed by atoms with Crippen LogP contribution in [0, 0.1) is 0 Å². The van der Waals surface area contributed by atoms with E-state index in [1.54, 1.807) is 0 Å². The highest BCUT2D eigenvalue weighted by Crippen LogP contribution is 2.29. The average Bonchev–Trinajstić information content (AvgIpc) is 2.61. The van der Waals surface area contributed by atoms with Gasteiger partial charge in [-0.25, -0.2) is 0 Å². The number of rotatable bonds is 5. The second kappa shape index (κ2) is 10.6. The standard InChI is InChI=1S/C21H26N2.2ClH/c1-17(2)16-21(23-14-12-22-13-15-23)20-10-8-19(9-11-20)18-6-4-3-5-7-18;;/h3-11,21-22H,1,12-16H2,2H3;2*1H/t21-;;/m0../s1. The third-order valence-corrected chi connectivity index (χ3v) is 4.54. The third kappa shape index (κ3) is 5.86. The quantitative estimate of drug-likeness (QED) is 0.727. The third-order valence-electron chi connectivity index (χ3n) is 4.54. The van der Waals surface area contributed by atoms with Crippen molar-refractivity contribution in [3.05, 3.63) is 72.3 Å². The first-order chi connectivity index (χ1) is 11.2. The molecule has 136 valence electrons. The summed E-state index contributed by atoms with van der Waals surface area (Å²) < 4.78 is 0. The predicted octanol–water partition coefficient (Wildman–Crippen LogP) is 5.11. The molecule has 2 aromatic rings. The molecule has 0 spiro atoms. The highest BCUT2D eigenvalue weighted by molar-refractivity contribution is 5.85. The topological polar surface area (TPSA) is 15.3 Å². The fraction of sp³-hybridized carbons (Fsp3) is 0.333. The van der Waals surface area contributed by atoms with E-state index in [0.717, 1.165) is 32.6 Å². The summed E-state index contributed by atoms with van der Waals surface area (Å²) >= 11 is 0. The molecule has 0 bridgehead atoms. The molecule has 2 nitrogen and oxygen atoms in total. The minimum Gasteiger partial charge on any atom is -0.314 e. The Morgan fingerprint density at radius 2 is 1.52 bits per heavy atom. The number of nitrogens with zero attached hydrogens (tertiary/aromatic N) is 1. The van der Waals surface area contributed by atoms with Crippen molar-refractivity contribution in [3.63, 3.8) is 0 Å². The molecule has 1 N–H and O–H groups in total. The number of hydrogen-bond acceptors (Lipinski definition) is 2. The molecule has 3 rings (SSSR count). The minimum atomic E-state index is 0. The van der Waals surface area contributed by atoms with Gasteiger partial charge in [-0.3, -0.25) is 4.90 Å². The van der Waals surface area contributed by atoms with Crippen LogP contribution in [-0.4, -0.2) is 31.1 Å². The van der Waals surface area contributed by atoms with Crippen molar-refractivity contribution in [3.8, 4) is 11.1 Å². The molecule has 2 aromatic carbocycles. The van der Waals surface area contributed by atoms with E-state index in [-0.39, 0.29) is 24.8 Å². The van der Waals surface area contributed by atoms with E-state index >= 15 is 0 Å². The number of halogens is 2. The lowest BCUT2D eigenvalue weighted by molar-refractivity contribution is 0.172. The molecule has 0 aliphatic carbocycles. The molecule has 4 heteroatoms. The van der Waals surface area contributed by atoms with Gasteiger partial charge in [0.05, 0.1) is 0 Å². The molecule has 1 saturated heterocycles. The number of benzene rings is 2. The molecule has 25 heavy (non-hydrogen) atoms.